The van der Waals surface area contributed by atoms with Gasteiger partial charge in [0.2, 0.25) is 0 Å². The minimum Gasteiger partial charge on any atom is -0.207 e. The molecule has 0 unspecified atom stereocenters. The molecule has 0 fully saturated rings. The van der Waals surface area contributed by atoms with Crippen LogP contribution in [0.1, 0.15) is 17.5 Å². The third-order valence-electron chi connectivity index (χ3n) is 1.81. The Hall–Kier alpha value is -0.340. The first-order chi connectivity index (χ1) is 6.77. The molecule has 1 aromatic rings. The first-order valence-electron chi connectivity index (χ1n) is 4.35. The lowest BCUT2D eigenvalue weighted by molar-refractivity contribution is 0.616. The van der Waals surface area contributed by atoms with E-state index in [0.29, 0.717) is 5.56 Å². The van der Waals surface area contributed by atoms with Crippen LogP contribution in [0, 0.1) is 5.82 Å². The van der Waals surface area contributed by atoms with Gasteiger partial charge in [-0.05, 0) is 18.1 Å². The number of allylic oxidation sites excluding steroid dienone is 1. The van der Waals surface area contributed by atoms with Crippen molar-refractivity contribution >= 4 is 33.6 Å². The van der Waals surface area contributed by atoms with Gasteiger partial charge in [0, 0.05) is 10.9 Å². The number of halogens is 3. The molecule has 0 aromatic heterocycles. The molecule has 0 bridgehead atoms. The zero-order valence-electron chi connectivity index (χ0n) is 7.64. The normalized spacial score (nSPS) is 11.1. The molecule has 0 aliphatic carbocycles. The number of hydrogen-bond acceptors (Lipinski definition) is 0. The lowest BCUT2D eigenvalue weighted by atomic mass is 10.1. The fourth-order valence-electron chi connectivity index (χ4n) is 1.06. The molecule has 0 nitrogen and oxygen atoms in total. The fraction of sp³-hybridized carbons (Fsp3) is 0.273. The molecule has 0 radical (unpaired) electrons. The second-order valence-electron chi connectivity index (χ2n) is 2.86. The molecule has 14 heavy (non-hydrogen) atoms. The monoisotopic (exact) mass is 276 g/mol. The van der Waals surface area contributed by atoms with Crippen LogP contribution in [0.15, 0.2) is 24.3 Å². The molecule has 0 N–H and O–H groups in total. The summed E-state index contributed by atoms with van der Waals surface area (Å²) >= 11 is 8.86. The molecule has 76 valence electrons. The Morgan fingerprint density at radius 2 is 2.21 bits per heavy atom. The van der Waals surface area contributed by atoms with Crippen LogP contribution in [0.2, 0.25) is 0 Å². The van der Waals surface area contributed by atoms with Gasteiger partial charge < -0.3 is 0 Å². The van der Waals surface area contributed by atoms with Crippen molar-refractivity contribution in [2.24, 2.45) is 0 Å². The molecular weight excluding hydrogens is 266 g/mol. The largest absolute Gasteiger partial charge is 0.207 e. The van der Waals surface area contributed by atoms with E-state index in [-0.39, 0.29) is 11.7 Å². The number of hydrogen-bond donors (Lipinski definition) is 0. The average molecular weight is 278 g/mol. The van der Waals surface area contributed by atoms with Crippen LogP contribution in [0.5, 0.6) is 0 Å². The molecule has 0 saturated heterocycles. The minimum atomic E-state index is -0.235. The van der Waals surface area contributed by atoms with Crippen LogP contribution in [-0.4, -0.2) is 5.33 Å². The van der Waals surface area contributed by atoms with Gasteiger partial charge in [0.05, 0.1) is 5.88 Å². The highest BCUT2D eigenvalue weighted by molar-refractivity contribution is 9.09. The Bertz CT molecular complexity index is 323. The maximum Gasteiger partial charge on any atom is 0.128 e. The van der Waals surface area contributed by atoms with Gasteiger partial charge in [0.1, 0.15) is 5.82 Å². The van der Waals surface area contributed by atoms with Crippen molar-refractivity contribution in [3.05, 3.63) is 41.2 Å². The van der Waals surface area contributed by atoms with E-state index in [1.165, 1.54) is 6.07 Å². The fourth-order valence-corrected chi connectivity index (χ4v) is 1.54. The second-order valence-corrected chi connectivity index (χ2v) is 3.92. The lowest BCUT2D eigenvalue weighted by Gasteiger charge is -1.99. The summed E-state index contributed by atoms with van der Waals surface area (Å²) in [5.41, 5.74) is 1.42. The summed E-state index contributed by atoms with van der Waals surface area (Å²) in [5.74, 6) is -0.0157. The predicted octanol–water partition coefficient (Wildman–Crippen LogP) is 4.36. The van der Waals surface area contributed by atoms with Crippen LogP contribution in [0.4, 0.5) is 4.39 Å². The third-order valence-corrected chi connectivity index (χ3v) is 2.55. The molecule has 0 aliphatic rings. The molecule has 0 aliphatic heterocycles. The number of benzene rings is 1. The van der Waals surface area contributed by atoms with E-state index in [4.69, 9.17) is 11.6 Å². The molecule has 0 amide bonds. The van der Waals surface area contributed by atoms with Crippen LogP contribution in [-0.2, 0) is 5.88 Å². The maximum atomic E-state index is 13.2. The maximum absolute atomic E-state index is 13.2. The van der Waals surface area contributed by atoms with Gasteiger partial charge in [-0.3, -0.25) is 0 Å². The highest BCUT2D eigenvalue weighted by Crippen LogP contribution is 2.13. The number of rotatable bonds is 4. The summed E-state index contributed by atoms with van der Waals surface area (Å²) in [6, 6.07) is 5.09. The lowest BCUT2D eigenvalue weighted by Crippen LogP contribution is -1.86. The van der Waals surface area contributed by atoms with E-state index in [1.807, 2.05) is 18.2 Å². The van der Waals surface area contributed by atoms with Crippen LogP contribution >= 0.6 is 27.5 Å². The number of alkyl halides is 2. The molecule has 0 heterocycles. The standard InChI is InChI=1S/C11H11BrClF/c12-6-2-1-3-9-4-5-10(8-13)11(14)7-9/h1,3-5,7H,2,6,8H2. The topological polar surface area (TPSA) is 0 Å². The van der Waals surface area contributed by atoms with E-state index < -0.39 is 0 Å². The highest BCUT2D eigenvalue weighted by Gasteiger charge is 1.99. The predicted molar refractivity (Wildman–Crippen MR) is 63.4 cm³/mol. The molecule has 0 atom stereocenters. The van der Waals surface area contributed by atoms with Crippen LogP contribution in [0.25, 0.3) is 6.08 Å². The van der Waals surface area contributed by atoms with Gasteiger partial charge in [0.15, 0.2) is 0 Å². The van der Waals surface area contributed by atoms with Crippen molar-refractivity contribution in [2.45, 2.75) is 12.3 Å². The molecule has 0 saturated carbocycles. The van der Waals surface area contributed by atoms with Gasteiger partial charge in [-0.1, -0.05) is 40.2 Å². The summed E-state index contributed by atoms with van der Waals surface area (Å²) in [4.78, 5) is 0. The highest BCUT2D eigenvalue weighted by atomic mass is 79.9. The van der Waals surface area contributed by atoms with Gasteiger partial charge in [-0.2, -0.15) is 0 Å². The quantitative estimate of drug-likeness (QED) is 0.717. The zero-order valence-corrected chi connectivity index (χ0v) is 9.98. The van der Waals surface area contributed by atoms with Crippen molar-refractivity contribution in [1.29, 1.82) is 0 Å². The van der Waals surface area contributed by atoms with E-state index in [0.717, 1.165) is 17.3 Å². The molecule has 1 rings (SSSR count). The van der Waals surface area contributed by atoms with Gasteiger partial charge >= 0.3 is 0 Å². The summed E-state index contributed by atoms with van der Waals surface area (Å²) in [5, 5.41) is 0.922. The Labute approximate surface area is 96.9 Å². The zero-order chi connectivity index (χ0) is 10.4. The van der Waals surface area contributed by atoms with Crippen molar-refractivity contribution in [3.8, 4) is 0 Å². The summed E-state index contributed by atoms with van der Waals surface area (Å²) in [6.07, 6.45) is 4.85. The van der Waals surface area contributed by atoms with Gasteiger partial charge in [-0.15, -0.1) is 11.6 Å². The van der Waals surface area contributed by atoms with Crippen molar-refractivity contribution in [1.82, 2.24) is 0 Å². The van der Waals surface area contributed by atoms with E-state index in [2.05, 4.69) is 15.9 Å². The Morgan fingerprint density at radius 1 is 1.43 bits per heavy atom. The van der Waals surface area contributed by atoms with Crippen molar-refractivity contribution in [2.75, 3.05) is 5.33 Å². The summed E-state index contributed by atoms with van der Waals surface area (Å²) < 4.78 is 13.2. The summed E-state index contributed by atoms with van der Waals surface area (Å²) in [6.45, 7) is 0. The van der Waals surface area contributed by atoms with Crippen molar-refractivity contribution in [3.63, 3.8) is 0 Å². The summed E-state index contributed by atoms with van der Waals surface area (Å²) in [7, 11) is 0. The van der Waals surface area contributed by atoms with Crippen LogP contribution < -0.4 is 0 Å². The smallest absolute Gasteiger partial charge is 0.128 e. The Kier molecular flexibility index (Phi) is 5.20. The SMILES string of the molecule is Fc1cc(C=CCCBr)ccc1CCl. The van der Waals surface area contributed by atoms with E-state index in [1.54, 1.807) is 6.07 Å². The Morgan fingerprint density at radius 3 is 2.79 bits per heavy atom. The van der Waals surface area contributed by atoms with E-state index in [9.17, 15) is 4.39 Å². The minimum absolute atomic E-state index is 0.219. The van der Waals surface area contributed by atoms with Gasteiger partial charge in [0.25, 0.3) is 0 Å². The molecule has 3 heteroatoms. The molecular formula is C11H11BrClF. The third kappa shape index (κ3) is 3.43. The van der Waals surface area contributed by atoms with Crippen molar-refractivity contribution < 1.29 is 4.39 Å². The van der Waals surface area contributed by atoms with E-state index >= 15 is 0 Å². The second kappa shape index (κ2) is 6.20. The molecule has 0 spiro atoms. The first kappa shape index (κ1) is 11.7. The average Bonchev–Trinajstić information content (AvgIpc) is 2.18. The van der Waals surface area contributed by atoms with Crippen LogP contribution in [0.3, 0.4) is 0 Å². The van der Waals surface area contributed by atoms with Gasteiger partial charge in [-0.25, -0.2) is 4.39 Å². The molecule has 1 aromatic carbocycles. The Balaban J connectivity index is 2.76. The first-order valence-corrected chi connectivity index (χ1v) is 6.00.